The number of hydrogen-bond acceptors (Lipinski definition) is 3. The van der Waals surface area contributed by atoms with Crippen molar-refractivity contribution in [3.05, 3.63) is 0 Å². The first kappa shape index (κ1) is 8.99. The average Bonchev–Trinajstić information content (AvgIpc) is 1.99. The molecule has 0 aromatic carbocycles. The van der Waals surface area contributed by atoms with Gasteiger partial charge in [-0.2, -0.15) is 0 Å². The number of ether oxygens (including phenoxy) is 1. The summed E-state index contributed by atoms with van der Waals surface area (Å²) in [6.45, 7) is 2.31. The number of carbonyl (C=O) groups is 1. The Morgan fingerprint density at radius 2 is 2.40 bits per heavy atom. The predicted octanol–water partition coefficient (Wildman–Crippen LogP) is -0.242. The van der Waals surface area contributed by atoms with Crippen molar-refractivity contribution in [1.29, 1.82) is 0 Å². The third-order valence-electron chi connectivity index (χ3n) is 0.960. The summed E-state index contributed by atoms with van der Waals surface area (Å²) in [5, 5.41) is 0. The second-order valence-corrected chi connectivity index (χ2v) is 1.90. The van der Waals surface area contributed by atoms with Crippen molar-refractivity contribution in [3.8, 4) is 11.8 Å². The van der Waals surface area contributed by atoms with Crippen molar-refractivity contribution < 1.29 is 9.53 Å². The van der Waals surface area contributed by atoms with Crippen LogP contribution in [-0.2, 0) is 9.53 Å². The van der Waals surface area contributed by atoms with Crippen molar-refractivity contribution in [3.63, 3.8) is 0 Å². The molecule has 3 heteroatoms. The summed E-state index contributed by atoms with van der Waals surface area (Å²) in [7, 11) is 1.30. The molecule has 0 aromatic rings. The second-order valence-electron chi connectivity index (χ2n) is 1.90. The molecule has 56 valence electrons. The van der Waals surface area contributed by atoms with E-state index in [0.29, 0.717) is 6.54 Å². The molecule has 0 amide bonds. The molecule has 0 aromatic heterocycles. The van der Waals surface area contributed by atoms with Gasteiger partial charge in [-0.3, -0.25) is 0 Å². The molecule has 2 N–H and O–H groups in total. The van der Waals surface area contributed by atoms with Crippen LogP contribution in [0.15, 0.2) is 0 Å². The van der Waals surface area contributed by atoms with Gasteiger partial charge in [0.1, 0.15) is 0 Å². The van der Waals surface area contributed by atoms with E-state index in [9.17, 15) is 4.79 Å². The molecule has 10 heavy (non-hydrogen) atoms. The Labute approximate surface area is 60.5 Å². The van der Waals surface area contributed by atoms with Gasteiger partial charge in [0.15, 0.2) is 0 Å². The van der Waals surface area contributed by atoms with Gasteiger partial charge in [-0.1, -0.05) is 12.8 Å². The summed E-state index contributed by atoms with van der Waals surface area (Å²) < 4.78 is 4.29. The summed E-state index contributed by atoms with van der Waals surface area (Å²) in [5.41, 5.74) is 5.25. The van der Waals surface area contributed by atoms with E-state index in [1.54, 1.807) is 0 Å². The van der Waals surface area contributed by atoms with Gasteiger partial charge in [-0.05, 0) is 0 Å². The molecule has 0 radical (unpaired) electrons. The Hall–Kier alpha value is -1.01. The van der Waals surface area contributed by atoms with E-state index >= 15 is 0 Å². The van der Waals surface area contributed by atoms with E-state index in [1.165, 1.54) is 7.11 Å². The molecule has 0 aliphatic rings. The third kappa shape index (κ3) is 3.93. The minimum absolute atomic E-state index is 0.0547. The molecule has 0 aliphatic heterocycles. The highest BCUT2D eigenvalue weighted by molar-refractivity contribution is 5.88. The Morgan fingerprint density at radius 3 is 2.80 bits per heavy atom. The summed E-state index contributed by atoms with van der Waals surface area (Å²) >= 11 is 0. The smallest absolute Gasteiger partial charge is 0.384 e. The topological polar surface area (TPSA) is 52.3 Å². The van der Waals surface area contributed by atoms with Crippen molar-refractivity contribution in [2.45, 2.75) is 6.92 Å². The zero-order valence-electron chi connectivity index (χ0n) is 6.18. The minimum Gasteiger partial charge on any atom is -0.459 e. The van der Waals surface area contributed by atoms with E-state index in [1.807, 2.05) is 6.92 Å². The lowest BCUT2D eigenvalue weighted by molar-refractivity contribution is -0.133. The number of nitrogens with two attached hydrogens (primary N) is 1. The van der Waals surface area contributed by atoms with Crippen LogP contribution in [0.2, 0.25) is 0 Å². The highest BCUT2D eigenvalue weighted by Crippen LogP contribution is 1.85. The Balaban J connectivity index is 3.78. The Morgan fingerprint density at radius 1 is 1.80 bits per heavy atom. The van der Waals surface area contributed by atoms with E-state index < -0.39 is 5.97 Å². The van der Waals surface area contributed by atoms with Gasteiger partial charge in [-0.15, -0.1) is 0 Å². The van der Waals surface area contributed by atoms with Crippen LogP contribution in [0.3, 0.4) is 0 Å². The first-order valence-corrected chi connectivity index (χ1v) is 3.00. The largest absolute Gasteiger partial charge is 0.459 e. The highest BCUT2D eigenvalue weighted by Gasteiger charge is 1.92. The maximum Gasteiger partial charge on any atom is 0.384 e. The molecule has 0 aliphatic carbocycles. The van der Waals surface area contributed by atoms with Gasteiger partial charge in [0.2, 0.25) is 0 Å². The Kier molecular flexibility index (Phi) is 4.34. The van der Waals surface area contributed by atoms with E-state index in [4.69, 9.17) is 5.73 Å². The van der Waals surface area contributed by atoms with Crippen LogP contribution >= 0.6 is 0 Å². The van der Waals surface area contributed by atoms with Crippen molar-refractivity contribution >= 4 is 5.97 Å². The highest BCUT2D eigenvalue weighted by atomic mass is 16.5. The van der Waals surface area contributed by atoms with Gasteiger partial charge in [0, 0.05) is 18.4 Å². The fourth-order valence-corrected chi connectivity index (χ4v) is 0.292. The number of methoxy groups -OCH3 is 1. The molecule has 0 fully saturated rings. The minimum atomic E-state index is -0.514. The van der Waals surface area contributed by atoms with Crippen LogP contribution in [0.1, 0.15) is 6.92 Å². The maximum atomic E-state index is 10.4. The van der Waals surface area contributed by atoms with E-state index in [0.717, 1.165) is 0 Å². The fraction of sp³-hybridized carbons (Fsp3) is 0.571. The van der Waals surface area contributed by atoms with Gasteiger partial charge in [0.05, 0.1) is 7.11 Å². The molecular weight excluding hydrogens is 130 g/mol. The summed E-state index contributed by atoms with van der Waals surface area (Å²) in [4.78, 5) is 10.4. The molecule has 0 saturated heterocycles. The van der Waals surface area contributed by atoms with Crippen LogP contribution < -0.4 is 5.73 Å². The standard InChI is InChI=1S/C7H11NO2/c1-6(5-8)3-4-7(9)10-2/h6H,5,8H2,1-2H3. The maximum absolute atomic E-state index is 10.4. The van der Waals surface area contributed by atoms with Crippen LogP contribution in [-0.4, -0.2) is 19.6 Å². The number of carbonyl (C=O) groups excluding carboxylic acids is 1. The third-order valence-corrected chi connectivity index (χ3v) is 0.960. The van der Waals surface area contributed by atoms with Gasteiger partial charge in [-0.25, -0.2) is 4.79 Å². The molecule has 1 atom stereocenters. The second kappa shape index (κ2) is 4.83. The summed E-state index contributed by atoms with van der Waals surface area (Å²) in [5.74, 6) is 4.47. The van der Waals surface area contributed by atoms with Crippen molar-refractivity contribution in [2.75, 3.05) is 13.7 Å². The lowest BCUT2D eigenvalue weighted by Crippen LogP contribution is -2.08. The molecule has 1 unspecified atom stereocenters. The Bertz CT molecular complexity index is 166. The molecule has 0 rings (SSSR count). The molecule has 0 spiro atoms. The molecule has 0 heterocycles. The first-order chi connectivity index (χ1) is 4.70. The molecule has 3 nitrogen and oxygen atoms in total. The first-order valence-electron chi connectivity index (χ1n) is 3.00. The average molecular weight is 141 g/mol. The normalized spacial score (nSPS) is 11.1. The van der Waals surface area contributed by atoms with Crippen LogP contribution in [0.4, 0.5) is 0 Å². The van der Waals surface area contributed by atoms with Crippen LogP contribution in [0.25, 0.3) is 0 Å². The lowest BCUT2D eigenvalue weighted by atomic mass is 10.2. The molecule has 0 bridgehead atoms. The van der Waals surface area contributed by atoms with Crippen molar-refractivity contribution in [1.82, 2.24) is 0 Å². The molecular formula is C7H11NO2. The van der Waals surface area contributed by atoms with Gasteiger partial charge < -0.3 is 10.5 Å². The lowest BCUT2D eigenvalue weighted by Gasteiger charge is -1.93. The SMILES string of the molecule is COC(=O)C#CC(C)CN. The monoisotopic (exact) mass is 141 g/mol. The predicted molar refractivity (Wildman–Crippen MR) is 38.0 cm³/mol. The van der Waals surface area contributed by atoms with Gasteiger partial charge >= 0.3 is 5.97 Å². The van der Waals surface area contributed by atoms with Gasteiger partial charge in [0.25, 0.3) is 0 Å². The fourth-order valence-electron chi connectivity index (χ4n) is 0.292. The quantitative estimate of drug-likeness (QED) is 0.311. The number of hydrogen-bond donors (Lipinski definition) is 1. The number of rotatable bonds is 1. The molecule has 0 saturated carbocycles. The zero-order valence-corrected chi connectivity index (χ0v) is 6.18. The van der Waals surface area contributed by atoms with Crippen LogP contribution in [0, 0.1) is 17.8 Å². The van der Waals surface area contributed by atoms with Crippen LogP contribution in [0.5, 0.6) is 0 Å². The summed E-state index contributed by atoms with van der Waals surface area (Å²) in [6.07, 6.45) is 0. The summed E-state index contributed by atoms with van der Waals surface area (Å²) in [6, 6.07) is 0. The van der Waals surface area contributed by atoms with Crippen molar-refractivity contribution in [2.24, 2.45) is 11.7 Å². The zero-order chi connectivity index (χ0) is 7.98. The van der Waals surface area contributed by atoms with E-state index in [2.05, 4.69) is 16.6 Å². The van der Waals surface area contributed by atoms with E-state index in [-0.39, 0.29) is 5.92 Å². The number of esters is 1.